The lowest BCUT2D eigenvalue weighted by molar-refractivity contribution is -0.139. The van der Waals surface area contributed by atoms with Crippen LogP contribution in [0.1, 0.15) is 16.1 Å². The molecule has 1 heterocycles. The van der Waals surface area contributed by atoms with Crippen molar-refractivity contribution in [2.45, 2.75) is 12.5 Å². The highest BCUT2D eigenvalue weighted by Crippen LogP contribution is 2.26. The molecule has 1 aromatic heterocycles. The first-order valence-electron chi connectivity index (χ1n) is 6.21. The SMILES string of the molecule is COC(CNC(=O)c1cc2cc(F)ccc2s1)CC(=O)O. The average Bonchev–Trinajstić information content (AvgIpc) is 2.85. The van der Waals surface area contributed by atoms with Gasteiger partial charge in [-0.25, -0.2) is 4.39 Å². The number of rotatable bonds is 6. The summed E-state index contributed by atoms with van der Waals surface area (Å²) >= 11 is 1.25. The molecule has 1 atom stereocenters. The smallest absolute Gasteiger partial charge is 0.306 e. The van der Waals surface area contributed by atoms with Crippen LogP contribution in [0.25, 0.3) is 10.1 Å². The van der Waals surface area contributed by atoms with Crippen molar-refractivity contribution in [3.63, 3.8) is 0 Å². The van der Waals surface area contributed by atoms with Gasteiger partial charge in [-0.15, -0.1) is 11.3 Å². The second kappa shape index (κ2) is 6.64. The van der Waals surface area contributed by atoms with Crippen LogP contribution in [0.3, 0.4) is 0 Å². The number of aliphatic carboxylic acids is 1. The molecule has 5 nitrogen and oxygen atoms in total. The highest BCUT2D eigenvalue weighted by Gasteiger charge is 2.15. The van der Waals surface area contributed by atoms with Gasteiger partial charge in [0.2, 0.25) is 0 Å². The number of thiophene rings is 1. The zero-order chi connectivity index (χ0) is 15.4. The van der Waals surface area contributed by atoms with Crippen molar-refractivity contribution in [1.29, 1.82) is 0 Å². The maximum absolute atomic E-state index is 13.1. The van der Waals surface area contributed by atoms with Crippen LogP contribution in [0.2, 0.25) is 0 Å². The van der Waals surface area contributed by atoms with Gasteiger partial charge in [-0.3, -0.25) is 9.59 Å². The van der Waals surface area contributed by atoms with E-state index in [-0.39, 0.29) is 24.7 Å². The van der Waals surface area contributed by atoms with Gasteiger partial charge < -0.3 is 15.2 Å². The molecule has 0 aliphatic rings. The molecule has 2 aromatic rings. The standard InChI is InChI=1S/C14H14FNO4S/c1-20-10(6-13(17)18)7-16-14(19)12-5-8-4-9(15)2-3-11(8)21-12/h2-5,10H,6-7H2,1H3,(H,16,19)(H,17,18). The fourth-order valence-corrected chi connectivity index (χ4v) is 2.81. The summed E-state index contributed by atoms with van der Waals surface area (Å²) in [5.41, 5.74) is 0. The molecule has 0 aliphatic heterocycles. The maximum Gasteiger partial charge on any atom is 0.306 e. The van der Waals surface area contributed by atoms with Gasteiger partial charge >= 0.3 is 5.97 Å². The lowest BCUT2D eigenvalue weighted by Gasteiger charge is -2.13. The summed E-state index contributed by atoms with van der Waals surface area (Å²) in [6.07, 6.45) is -0.771. The van der Waals surface area contributed by atoms with Gasteiger partial charge in [0.05, 0.1) is 17.4 Å². The number of carbonyl (C=O) groups is 2. The van der Waals surface area contributed by atoms with Crippen LogP contribution >= 0.6 is 11.3 Å². The Balaban J connectivity index is 2.03. The maximum atomic E-state index is 13.1. The number of fused-ring (bicyclic) bond motifs is 1. The molecule has 2 N–H and O–H groups in total. The van der Waals surface area contributed by atoms with E-state index in [2.05, 4.69) is 5.32 Å². The van der Waals surface area contributed by atoms with E-state index in [1.54, 1.807) is 12.1 Å². The molecule has 0 spiro atoms. The van der Waals surface area contributed by atoms with Crippen molar-refractivity contribution in [3.05, 3.63) is 35.0 Å². The van der Waals surface area contributed by atoms with Gasteiger partial charge in [-0.05, 0) is 29.7 Å². The molecule has 0 radical (unpaired) electrons. The third-order valence-electron chi connectivity index (χ3n) is 2.93. The number of halogens is 1. The Morgan fingerprint density at radius 2 is 2.19 bits per heavy atom. The monoisotopic (exact) mass is 311 g/mol. The number of carboxylic acid groups (broad SMARTS) is 1. The first-order valence-corrected chi connectivity index (χ1v) is 7.03. The summed E-state index contributed by atoms with van der Waals surface area (Å²) in [4.78, 5) is 23.1. The second-order valence-electron chi connectivity index (χ2n) is 4.46. The predicted molar refractivity (Wildman–Crippen MR) is 77.2 cm³/mol. The lowest BCUT2D eigenvalue weighted by Crippen LogP contribution is -2.34. The third-order valence-corrected chi connectivity index (χ3v) is 4.04. The van der Waals surface area contributed by atoms with Crippen molar-refractivity contribution in [2.75, 3.05) is 13.7 Å². The van der Waals surface area contributed by atoms with Crippen LogP contribution in [0.5, 0.6) is 0 Å². The van der Waals surface area contributed by atoms with Crippen molar-refractivity contribution in [2.24, 2.45) is 0 Å². The summed E-state index contributed by atoms with van der Waals surface area (Å²) in [6, 6.07) is 5.94. The normalized spacial score (nSPS) is 12.3. The average molecular weight is 311 g/mol. The zero-order valence-electron chi connectivity index (χ0n) is 11.3. The minimum atomic E-state index is -0.992. The van der Waals surface area contributed by atoms with E-state index in [1.807, 2.05) is 0 Å². The van der Waals surface area contributed by atoms with Gasteiger partial charge in [-0.1, -0.05) is 0 Å². The molecule has 0 bridgehead atoms. The van der Waals surface area contributed by atoms with E-state index in [0.29, 0.717) is 10.3 Å². The first-order chi connectivity index (χ1) is 9.99. The van der Waals surface area contributed by atoms with E-state index in [0.717, 1.165) is 4.70 Å². The number of ether oxygens (including phenoxy) is 1. The molecule has 0 saturated carbocycles. The van der Waals surface area contributed by atoms with E-state index in [9.17, 15) is 14.0 Å². The van der Waals surface area contributed by atoms with Crippen LogP contribution in [0.15, 0.2) is 24.3 Å². The van der Waals surface area contributed by atoms with E-state index in [4.69, 9.17) is 9.84 Å². The van der Waals surface area contributed by atoms with Gasteiger partial charge in [0.15, 0.2) is 0 Å². The molecule has 112 valence electrons. The van der Waals surface area contributed by atoms with Gasteiger partial charge in [0.25, 0.3) is 5.91 Å². The van der Waals surface area contributed by atoms with Gasteiger partial charge in [0, 0.05) is 18.4 Å². The van der Waals surface area contributed by atoms with E-state index >= 15 is 0 Å². The van der Waals surface area contributed by atoms with Crippen molar-refractivity contribution in [1.82, 2.24) is 5.32 Å². The number of nitrogens with one attached hydrogen (secondary N) is 1. The first kappa shape index (κ1) is 15.4. The Morgan fingerprint density at radius 3 is 2.86 bits per heavy atom. The summed E-state index contributed by atoms with van der Waals surface area (Å²) in [5.74, 6) is -1.68. The number of hydrogen-bond acceptors (Lipinski definition) is 4. The molecule has 0 fully saturated rings. The Kier molecular flexibility index (Phi) is 4.87. The minimum absolute atomic E-state index is 0.101. The highest BCUT2D eigenvalue weighted by molar-refractivity contribution is 7.20. The Labute approximate surface area is 124 Å². The Morgan fingerprint density at radius 1 is 1.43 bits per heavy atom. The number of amides is 1. The highest BCUT2D eigenvalue weighted by atomic mass is 32.1. The van der Waals surface area contributed by atoms with Crippen LogP contribution in [0.4, 0.5) is 4.39 Å². The minimum Gasteiger partial charge on any atom is -0.481 e. The van der Waals surface area contributed by atoms with Crippen LogP contribution < -0.4 is 5.32 Å². The van der Waals surface area contributed by atoms with Gasteiger partial charge in [-0.2, -0.15) is 0 Å². The fraction of sp³-hybridized carbons (Fsp3) is 0.286. The fourth-order valence-electron chi connectivity index (χ4n) is 1.85. The Hall–Kier alpha value is -1.99. The molecular formula is C14H14FNO4S. The molecule has 7 heteroatoms. The summed E-state index contributed by atoms with van der Waals surface area (Å²) in [7, 11) is 1.39. The lowest BCUT2D eigenvalue weighted by atomic mass is 10.2. The molecule has 0 saturated heterocycles. The molecule has 21 heavy (non-hydrogen) atoms. The number of methoxy groups -OCH3 is 1. The van der Waals surface area contributed by atoms with Crippen molar-refractivity contribution < 1.29 is 23.8 Å². The van der Waals surface area contributed by atoms with Crippen LogP contribution in [-0.4, -0.2) is 36.7 Å². The molecule has 0 aliphatic carbocycles. The van der Waals surface area contributed by atoms with Gasteiger partial charge in [0.1, 0.15) is 5.82 Å². The summed E-state index contributed by atoms with van der Waals surface area (Å²) in [5, 5.41) is 12.0. The molecule has 1 unspecified atom stereocenters. The number of carbonyl (C=O) groups excluding carboxylic acids is 1. The summed E-state index contributed by atoms with van der Waals surface area (Å²) < 4.78 is 18.9. The zero-order valence-corrected chi connectivity index (χ0v) is 12.1. The van der Waals surface area contributed by atoms with Crippen molar-refractivity contribution >= 4 is 33.3 Å². The molecule has 1 amide bonds. The van der Waals surface area contributed by atoms with Crippen LogP contribution in [-0.2, 0) is 9.53 Å². The molecule has 2 rings (SSSR count). The number of carboxylic acids is 1. The topological polar surface area (TPSA) is 75.6 Å². The second-order valence-corrected chi connectivity index (χ2v) is 5.54. The number of benzene rings is 1. The third kappa shape index (κ3) is 3.99. The van der Waals surface area contributed by atoms with Crippen molar-refractivity contribution in [3.8, 4) is 0 Å². The Bertz CT molecular complexity index is 670. The van der Waals surface area contributed by atoms with Crippen LogP contribution in [0, 0.1) is 5.82 Å². The molecule has 1 aromatic carbocycles. The summed E-state index contributed by atoms with van der Waals surface area (Å²) in [6.45, 7) is 0.101. The predicted octanol–water partition coefficient (Wildman–Crippen LogP) is 2.26. The largest absolute Gasteiger partial charge is 0.481 e. The van der Waals surface area contributed by atoms with E-state index in [1.165, 1.54) is 30.6 Å². The quantitative estimate of drug-likeness (QED) is 0.858. The molecular weight excluding hydrogens is 297 g/mol. The van der Waals surface area contributed by atoms with E-state index < -0.39 is 12.1 Å². The number of hydrogen-bond donors (Lipinski definition) is 2.